The molecule has 1 aromatic rings. The Morgan fingerprint density at radius 2 is 2.17 bits per heavy atom. The first-order valence-electron chi connectivity index (χ1n) is 6.02. The summed E-state index contributed by atoms with van der Waals surface area (Å²) in [5.41, 5.74) is 1.02. The Labute approximate surface area is 112 Å². The number of carbonyl (C=O) groups excluding carboxylic acids is 1. The van der Waals surface area contributed by atoms with Crippen molar-refractivity contribution < 1.29 is 9.90 Å². The number of aliphatic hydroxyl groups excluding tert-OH is 1. The maximum atomic E-state index is 11.5. The van der Waals surface area contributed by atoms with Crippen LogP contribution in [0.5, 0.6) is 0 Å². The second kappa shape index (κ2) is 7.95. The van der Waals surface area contributed by atoms with Gasteiger partial charge in [-0.05, 0) is 31.4 Å². The van der Waals surface area contributed by atoms with Gasteiger partial charge < -0.3 is 15.7 Å². The maximum Gasteiger partial charge on any atom is 0.315 e. The largest absolute Gasteiger partial charge is 0.396 e. The standard InChI is InChI=1S/C13H19ClN2O2/c1-10(7-9-17)16-13(18)15-8-6-11-4-2-3-5-12(11)14/h2-5,10,17H,6-9H2,1H3,(H2,15,16,18)/t10-/m1/s1. The Morgan fingerprint density at radius 1 is 1.44 bits per heavy atom. The molecule has 0 aliphatic carbocycles. The van der Waals surface area contributed by atoms with Crippen molar-refractivity contribution in [2.75, 3.05) is 13.2 Å². The predicted octanol–water partition coefficient (Wildman–Crippen LogP) is 1.95. The van der Waals surface area contributed by atoms with E-state index in [1.807, 2.05) is 31.2 Å². The van der Waals surface area contributed by atoms with E-state index in [9.17, 15) is 4.79 Å². The first-order valence-corrected chi connectivity index (χ1v) is 6.40. The number of rotatable bonds is 6. The van der Waals surface area contributed by atoms with E-state index >= 15 is 0 Å². The van der Waals surface area contributed by atoms with Crippen molar-refractivity contribution in [3.05, 3.63) is 34.9 Å². The van der Waals surface area contributed by atoms with Gasteiger partial charge >= 0.3 is 6.03 Å². The summed E-state index contributed by atoms with van der Waals surface area (Å²) in [5, 5.41) is 14.9. The van der Waals surface area contributed by atoms with Crippen LogP contribution < -0.4 is 10.6 Å². The van der Waals surface area contributed by atoms with E-state index in [2.05, 4.69) is 10.6 Å². The fourth-order valence-electron chi connectivity index (χ4n) is 1.55. The molecule has 0 heterocycles. The molecular weight excluding hydrogens is 252 g/mol. The van der Waals surface area contributed by atoms with Crippen LogP contribution >= 0.6 is 11.6 Å². The number of hydrogen-bond donors (Lipinski definition) is 3. The van der Waals surface area contributed by atoms with Crippen molar-refractivity contribution in [2.45, 2.75) is 25.8 Å². The van der Waals surface area contributed by atoms with Crippen LogP contribution in [0.25, 0.3) is 0 Å². The molecule has 100 valence electrons. The molecule has 0 saturated carbocycles. The summed E-state index contributed by atoms with van der Waals surface area (Å²) in [6.07, 6.45) is 1.25. The van der Waals surface area contributed by atoms with Crippen molar-refractivity contribution in [1.82, 2.24) is 10.6 Å². The molecular formula is C13H19ClN2O2. The Kier molecular flexibility index (Phi) is 6.54. The molecule has 0 radical (unpaired) electrons. The minimum atomic E-state index is -0.219. The van der Waals surface area contributed by atoms with E-state index in [0.29, 0.717) is 24.4 Å². The van der Waals surface area contributed by atoms with Gasteiger partial charge in [0.1, 0.15) is 0 Å². The Morgan fingerprint density at radius 3 is 2.83 bits per heavy atom. The topological polar surface area (TPSA) is 61.4 Å². The van der Waals surface area contributed by atoms with Crippen LogP contribution in [0.15, 0.2) is 24.3 Å². The number of benzene rings is 1. The summed E-state index contributed by atoms with van der Waals surface area (Å²) in [6, 6.07) is 7.32. The molecule has 4 nitrogen and oxygen atoms in total. The predicted molar refractivity (Wildman–Crippen MR) is 72.9 cm³/mol. The van der Waals surface area contributed by atoms with Gasteiger partial charge in [0.15, 0.2) is 0 Å². The molecule has 0 aliphatic rings. The van der Waals surface area contributed by atoms with Gasteiger partial charge in [-0.3, -0.25) is 0 Å². The zero-order valence-electron chi connectivity index (χ0n) is 10.4. The Bertz CT molecular complexity index is 385. The lowest BCUT2D eigenvalue weighted by Crippen LogP contribution is -2.41. The molecule has 0 fully saturated rings. The third-order valence-corrected chi connectivity index (χ3v) is 2.95. The summed E-state index contributed by atoms with van der Waals surface area (Å²) < 4.78 is 0. The third-order valence-electron chi connectivity index (χ3n) is 2.58. The third kappa shape index (κ3) is 5.38. The first-order chi connectivity index (χ1) is 8.63. The monoisotopic (exact) mass is 270 g/mol. The van der Waals surface area contributed by atoms with Crippen LogP contribution in [0.3, 0.4) is 0 Å². The van der Waals surface area contributed by atoms with E-state index in [0.717, 1.165) is 5.56 Å². The lowest BCUT2D eigenvalue weighted by molar-refractivity contribution is 0.231. The van der Waals surface area contributed by atoms with Crippen LogP contribution in [0.2, 0.25) is 5.02 Å². The van der Waals surface area contributed by atoms with Crippen LogP contribution in [-0.2, 0) is 6.42 Å². The number of nitrogens with one attached hydrogen (secondary N) is 2. The van der Waals surface area contributed by atoms with Crippen LogP contribution in [0.4, 0.5) is 4.79 Å². The molecule has 1 atom stereocenters. The molecule has 5 heteroatoms. The number of aliphatic hydroxyl groups is 1. The zero-order chi connectivity index (χ0) is 13.4. The number of amides is 2. The summed E-state index contributed by atoms with van der Waals surface area (Å²) in [7, 11) is 0. The summed E-state index contributed by atoms with van der Waals surface area (Å²) in [6.45, 7) is 2.45. The van der Waals surface area contributed by atoms with Crippen molar-refractivity contribution in [1.29, 1.82) is 0 Å². The quantitative estimate of drug-likeness (QED) is 0.740. The highest BCUT2D eigenvalue weighted by Crippen LogP contribution is 2.14. The van der Waals surface area contributed by atoms with Gasteiger partial charge in [0.25, 0.3) is 0 Å². The lowest BCUT2D eigenvalue weighted by atomic mass is 10.1. The van der Waals surface area contributed by atoms with Gasteiger partial charge in [-0.2, -0.15) is 0 Å². The molecule has 1 rings (SSSR count). The highest BCUT2D eigenvalue weighted by atomic mass is 35.5. The number of halogens is 1. The second-order valence-corrected chi connectivity index (χ2v) is 4.56. The van der Waals surface area contributed by atoms with Gasteiger partial charge in [0.2, 0.25) is 0 Å². The number of carbonyl (C=O) groups is 1. The highest BCUT2D eigenvalue weighted by Gasteiger charge is 2.06. The van der Waals surface area contributed by atoms with Crippen LogP contribution in [0, 0.1) is 0 Å². The normalized spacial score (nSPS) is 11.9. The minimum Gasteiger partial charge on any atom is -0.396 e. The van der Waals surface area contributed by atoms with E-state index < -0.39 is 0 Å². The Balaban J connectivity index is 2.25. The molecule has 0 spiro atoms. The zero-order valence-corrected chi connectivity index (χ0v) is 11.2. The average Bonchev–Trinajstić information content (AvgIpc) is 2.31. The van der Waals surface area contributed by atoms with Gasteiger partial charge in [-0.1, -0.05) is 29.8 Å². The second-order valence-electron chi connectivity index (χ2n) is 4.15. The van der Waals surface area contributed by atoms with Gasteiger partial charge in [-0.25, -0.2) is 4.79 Å². The fourth-order valence-corrected chi connectivity index (χ4v) is 1.78. The van der Waals surface area contributed by atoms with Crippen molar-refractivity contribution >= 4 is 17.6 Å². The molecule has 0 saturated heterocycles. The number of urea groups is 1. The SMILES string of the molecule is C[C@H](CCO)NC(=O)NCCc1ccccc1Cl. The lowest BCUT2D eigenvalue weighted by Gasteiger charge is -2.13. The molecule has 0 aromatic heterocycles. The molecule has 18 heavy (non-hydrogen) atoms. The average molecular weight is 271 g/mol. The molecule has 0 unspecified atom stereocenters. The van der Waals surface area contributed by atoms with Crippen LogP contribution in [0.1, 0.15) is 18.9 Å². The summed E-state index contributed by atoms with van der Waals surface area (Å²) in [4.78, 5) is 11.5. The van der Waals surface area contributed by atoms with E-state index in [1.54, 1.807) is 0 Å². The molecule has 3 N–H and O–H groups in total. The minimum absolute atomic E-state index is 0.0321. The van der Waals surface area contributed by atoms with Gasteiger partial charge in [0, 0.05) is 24.2 Å². The van der Waals surface area contributed by atoms with Crippen molar-refractivity contribution in [3.63, 3.8) is 0 Å². The highest BCUT2D eigenvalue weighted by molar-refractivity contribution is 6.31. The van der Waals surface area contributed by atoms with Crippen LogP contribution in [-0.4, -0.2) is 30.3 Å². The first kappa shape index (κ1) is 14.8. The van der Waals surface area contributed by atoms with Crippen molar-refractivity contribution in [3.8, 4) is 0 Å². The smallest absolute Gasteiger partial charge is 0.315 e. The Hall–Kier alpha value is -1.26. The molecule has 0 aliphatic heterocycles. The molecule has 2 amide bonds. The van der Waals surface area contributed by atoms with E-state index in [4.69, 9.17) is 16.7 Å². The fraction of sp³-hybridized carbons (Fsp3) is 0.462. The number of hydrogen-bond acceptors (Lipinski definition) is 2. The molecule has 1 aromatic carbocycles. The maximum absolute atomic E-state index is 11.5. The van der Waals surface area contributed by atoms with Crippen molar-refractivity contribution in [2.24, 2.45) is 0 Å². The summed E-state index contributed by atoms with van der Waals surface area (Å²) >= 11 is 6.01. The summed E-state index contributed by atoms with van der Waals surface area (Å²) in [5.74, 6) is 0. The molecule has 0 bridgehead atoms. The van der Waals surface area contributed by atoms with E-state index in [-0.39, 0.29) is 18.7 Å². The van der Waals surface area contributed by atoms with Gasteiger partial charge in [0.05, 0.1) is 0 Å². The van der Waals surface area contributed by atoms with Gasteiger partial charge in [-0.15, -0.1) is 0 Å². The van der Waals surface area contributed by atoms with E-state index in [1.165, 1.54) is 0 Å².